The van der Waals surface area contributed by atoms with Gasteiger partial charge in [0.05, 0.1) is 24.6 Å². The Morgan fingerprint density at radius 2 is 2.00 bits per heavy atom. The van der Waals surface area contributed by atoms with Crippen molar-refractivity contribution in [3.8, 4) is 5.75 Å². The van der Waals surface area contributed by atoms with E-state index in [1.54, 1.807) is 19.4 Å². The van der Waals surface area contributed by atoms with Crippen molar-refractivity contribution in [1.82, 2.24) is 9.88 Å². The van der Waals surface area contributed by atoms with Crippen LogP contribution in [-0.2, 0) is 4.79 Å². The molecule has 3 atom stereocenters. The number of fused-ring (bicyclic) bond motifs is 1. The molecule has 0 aliphatic carbocycles. The van der Waals surface area contributed by atoms with Gasteiger partial charge in [0.25, 0.3) is 0 Å². The second-order valence-corrected chi connectivity index (χ2v) is 10.3. The quantitative estimate of drug-likeness (QED) is 0.361. The van der Waals surface area contributed by atoms with Crippen LogP contribution in [0.25, 0.3) is 10.9 Å². The Kier molecular flexibility index (Phi) is 8.77. The maximum atomic E-state index is 13.4. The van der Waals surface area contributed by atoms with E-state index in [4.69, 9.17) is 4.74 Å². The molecule has 36 heavy (non-hydrogen) atoms. The predicted molar refractivity (Wildman–Crippen MR) is 135 cm³/mol. The molecule has 192 valence electrons. The number of methoxy groups -OCH3 is 1. The molecular weight excluding hydrogens is 486 g/mol. The molecule has 4 rings (SSSR count). The first-order chi connectivity index (χ1) is 17.3. The molecule has 1 aromatic heterocycles. The summed E-state index contributed by atoms with van der Waals surface area (Å²) in [7, 11) is 1.59. The lowest BCUT2D eigenvalue weighted by Gasteiger charge is -2.37. The molecule has 0 spiro atoms. The van der Waals surface area contributed by atoms with Gasteiger partial charge in [-0.05, 0) is 73.7 Å². The minimum Gasteiger partial charge on any atom is -0.497 e. The van der Waals surface area contributed by atoms with Crippen molar-refractivity contribution in [2.75, 3.05) is 32.5 Å². The molecule has 6 nitrogen and oxygen atoms in total. The molecule has 0 bridgehead atoms. The summed E-state index contributed by atoms with van der Waals surface area (Å²) < 4.78 is 32.1. The molecule has 0 amide bonds. The number of aliphatic hydroxyl groups is 1. The third-order valence-corrected chi connectivity index (χ3v) is 7.78. The first-order valence-electron chi connectivity index (χ1n) is 12.0. The third kappa shape index (κ3) is 6.52. The van der Waals surface area contributed by atoms with E-state index in [2.05, 4.69) is 9.88 Å². The van der Waals surface area contributed by atoms with E-state index in [0.29, 0.717) is 48.7 Å². The number of carbonyl (C=O) groups is 1. The van der Waals surface area contributed by atoms with E-state index in [1.165, 1.54) is 23.9 Å². The highest BCUT2D eigenvalue weighted by Gasteiger charge is 2.34. The average molecular weight is 517 g/mol. The molecule has 2 heterocycles. The number of likely N-dealkylation sites (tertiary alicyclic amines) is 1. The third-order valence-electron chi connectivity index (χ3n) is 6.82. The molecule has 1 saturated heterocycles. The summed E-state index contributed by atoms with van der Waals surface area (Å²) in [6.07, 6.45) is 2.69. The number of carboxylic acids is 1. The summed E-state index contributed by atoms with van der Waals surface area (Å²) in [5, 5.41) is 21.7. The highest BCUT2D eigenvalue weighted by atomic mass is 32.2. The zero-order chi connectivity index (χ0) is 25.7. The van der Waals surface area contributed by atoms with E-state index < -0.39 is 29.6 Å². The van der Waals surface area contributed by atoms with Crippen LogP contribution in [0.3, 0.4) is 0 Å². The minimum atomic E-state index is -0.835. The summed E-state index contributed by atoms with van der Waals surface area (Å²) in [5.74, 6) is -1.33. The SMILES string of the molecule is COc1ccc2nccc([C@@H](O)CCC3CCN(CCSc4cc(F)cc(F)c4)CC3C(=O)O)c2c1. The number of carboxylic acid groups (broad SMARTS) is 1. The summed E-state index contributed by atoms with van der Waals surface area (Å²) in [6.45, 7) is 1.80. The largest absolute Gasteiger partial charge is 0.497 e. The number of ether oxygens (including phenoxy) is 1. The number of benzene rings is 2. The molecule has 1 aliphatic rings. The van der Waals surface area contributed by atoms with Crippen LogP contribution in [0.2, 0.25) is 0 Å². The van der Waals surface area contributed by atoms with Crippen LogP contribution in [0, 0.1) is 23.5 Å². The minimum absolute atomic E-state index is 0.0407. The van der Waals surface area contributed by atoms with Crippen LogP contribution in [0.5, 0.6) is 5.75 Å². The number of aliphatic carboxylic acids is 1. The molecular formula is C27H30F2N2O4S. The lowest BCUT2D eigenvalue weighted by atomic mass is 9.81. The summed E-state index contributed by atoms with van der Waals surface area (Å²) in [4.78, 5) is 19.0. The normalized spacial score (nSPS) is 19.3. The smallest absolute Gasteiger partial charge is 0.308 e. The molecule has 2 aromatic carbocycles. The number of pyridine rings is 1. The van der Waals surface area contributed by atoms with Gasteiger partial charge in [-0.15, -0.1) is 11.8 Å². The molecule has 2 N–H and O–H groups in total. The number of hydrogen-bond acceptors (Lipinski definition) is 6. The van der Waals surface area contributed by atoms with Gasteiger partial charge < -0.3 is 19.8 Å². The van der Waals surface area contributed by atoms with Crippen LogP contribution >= 0.6 is 11.8 Å². The van der Waals surface area contributed by atoms with Crippen molar-refractivity contribution >= 4 is 28.6 Å². The van der Waals surface area contributed by atoms with Gasteiger partial charge in [0.2, 0.25) is 0 Å². The maximum Gasteiger partial charge on any atom is 0.308 e. The lowest BCUT2D eigenvalue weighted by molar-refractivity contribution is -0.146. The fourth-order valence-electron chi connectivity index (χ4n) is 4.89. The number of nitrogens with zero attached hydrogens (tertiary/aromatic N) is 2. The van der Waals surface area contributed by atoms with Crippen molar-refractivity contribution in [2.45, 2.75) is 30.3 Å². The molecule has 1 aliphatic heterocycles. The Balaban J connectivity index is 1.33. The van der Waals surface area contributed by atoms with E-state index >= 15 is 0 Å². The molecule has 0 saturated carbocycles. The van der Waals surface area contributed by atoms with Crippen molar-refractivity contribution in [1.29, 1.82) is 0 Å². The maximum absolute atomic E-state index is 13.4. The van der Waals surface area contributed by atoms with Gasteiger partial charge in [-0.1, -0.05) is 0 Å². The van der Waals surface area contributed by atoms with Crippen LogP contribution in [-0.4, -0.2) is 58.6 Å². The van der Waals surface area contributed by atoms with E-state index in [-0.39, 0.29) is 5.92 Å². The zero-order valence-corrected chi connectivity index (χ0v) is 20.9. The van der Waals surface area contributed by atoms with Crippen LogP contribution in [0.4, 0.5) is 8.78 Å². The number of rotatable bonds is 10. The van der Waals surface area contributed by atoms with E-state index in [1.807, 2.05) is 18.2 Å². The number of aromatic nitrogens is 1. The average Bonchev–Trinajstić information content (AvgIpc) is 2.86. The Labute approximate surface area is 213 Å². The van der Waals surface area contributed by atoms with Gasteiger partial charge in [-0.25, -0.2) is 8.78 Å². The number of piperidine rings is 1. The first-order valence-corrected chi connectivity index (χ1v) is 13.0. The van der Waals surface area contributed by atoms with Gasteiger partial charge in [0.15, 0.2) is 0 Å². The van der Waals surface area contributed by atoms with Crippen LogP contribution < -0.4 is 4.74 Å². The predicted octanol–water partition coefficient (Wildman–Crippen LogP) is 5.15. The number of halogens is 2. The molecule has 3 aromatic rings. The van der Waals surface area contributed by atoms with Gasteiger partial charge in [0, 0.05) is 41.4 Å². The highest BCUT2D eigenvalue weighted by molar-refractivity contribution is 7.99. The van der Waals surface area contributed by atoms with Gasteiger partial charge >= 0.3 is 5.97 Å². The standard InChI is InChI=1S/C27H30F2N2O4S/c1-35-20-3-4-25-23(15-20)22(6-8-30-25)26(32)5-2-17-7-9-31(16-24(17)27(33)34)10-11-36-21-13-18(28)12-19(29)14-21/h3-4,6,8,12-15,17,24,26,32H,2,5,7,9-11,16H2,1H3,(H,33,34)/t17?,24?,26-/m0/s1. The van der Waals surface area contributed by atoms with E-state index in [9.17, 15) is 23.8 Å². The Morgan fingerprint density at radius 1 is 1.22 bits per heavy atom. The van der Waals surface area contributed by atoms with Gasteiger partial charge in [-0.3, -0.25) is 9.78 Å². The molecule has 1 fully saturated rings. The van der Waals surface area contributed by atoms with Crippen molar-refractivity contribution < 1.29 is 28.5 Å². The summed E-state index contributed by atoms with van der Waals surface area (Å²) in [5.41, 5.74) is 1.52. The van der Waals surface area contributed by atoms with Gasteiger partial charge in [-0.2, -0.15) is 0 Å². The summed E-state index contributed by atoms with van der Waals surface area (Å²) in [6, 6.07) is 10.8. The number of aliphatic hydroxyl groups excluding tert-OH is 1. The van der Waals surface area contributed by atoms with Crippen LogP contribution in [0.1, 0.15) is 30.9 Å². The first kappa shape index (κ1) is 26.3. The van der Waals surface area contributed by atoms with Crippen molar-refractivity contribution in [2.24, 2.45) is 11.8 Å². The monoisotopic (exact) mass is 516 g/mol. The second-order valence-electron chi connectivity index (χ2n) is 9.12. The second kappa shape index (κ2) is 12.0. The zero-order valence-electron chi connectivity index (χ0n) is 20.1. The Hall–Kier alpha value is -2.75. The van der Waals surface area contributed by atoms with Crippen LogP contribution in [0.15, 0.2) is 53.6 Å². The number of thioether (sulfide) groups is 1. The number of hydrogen-bond donors (Lipinski definition) is 2. The Morgan fingerprint density at radius 3 is 2.72 bits per heavy atom. The van der Waals surface area contributed by atoms with E-state index in [0.717, 1.165) is 29.1 Å². The molecule has 2 unspecified atom stereocenters. The fraction of sp³-hybridized carbons (Fsp3) is 0.407. The lowest BCUT2D eigenvalue weighted by Crippen LogP contribution is -2.44. The van der Waals surface area contributed by atoms with Gasteiger partial charge in [0.1, 0.15) is 17.4 Å². The molecule has 0 radical (unpaired) electrons. The topological polar surface area (TPSA) is 82.9 Å². The molecule has 9 heteroatoms. The fourth-order valence-corrected chi connectivity index (χ4v) is 5.87. The van der Waals surface area contributed by atoms with Crippen molar-refractivity contribution in [3.05, 3.63) is 65.9 Å². The highest BCUT2D eigenvalue weighted by Crippen LogP contribution is 2.34. The van der Waals surface area contributed by atoms with Crippen molar-refractivity contribution in [3.63, 3.8) is 0 Å². The summed E-state index contributed by atoms with van der Waals surface area (Å²) >= 11 is 1.35. The Bertz CT molecular complexity index is 1190.